The van der Waals surface area contributed by atoms with Crippen molar-refractivity contribution in [2.24, 2.45) is 10.1 Å². The van der Waals surface area contributed by atoms with Crippen molar-refractivity contribution in [2.75, 3.05) is 18.2 Å². The van der Waals surface area contributed by atoms with Crippen molar-refractivity contribution in [3.8, 4) is 5.75 Å². The molecule has 7 heteroatoms. The van der Waals surface area contributed by atoms with Crippen LogP contribution in [0.4, 0.5) is 5.69 Å². The number of thioether (sulfide) groups is 1. The fraction of sp³-hybridized carbons (Fsp3) is 0.118. The molecule has 1 heterocycles. The van der Waals surface area contributed by atoms with Crippen LogP contribution in [-0.4, -0.2) is 28.9 Å². The predicted octanol–water partition coefficient (Wildman–Crippen LogP) is 3.49. The third kappa shape index (κ3) is 4.33. The fourth-order valence-corrected chi connectivity index (χ4v) is 3.11. The number of ether oxygens (including phenoxy) is 1. The Hall–Kier alpha value is -2.38. The van der Waals surface area contributed by atoms with Gasteiger partial charge in [0.05, 0.1) is 12.8 Å². The van der Waals surface area contributed by atoms with Gasteiger partial charge in [0.1, 0.15) is 5.75 Å². The molecule has 0 spiro atoms. The Morgan fingerprint density at radius 1 is 1.21 bits per heavy atom. The predicted molar refractivity (Wildman–Crippen MR) is 105 cm³/mol. The first-order valence-corrected chi connectivity index (χ1v) is 8.68. The first-order valence-electron chi connectivity index (χ1n) is 7.29. The van der Waals surface area contributed by atoms with Crippen LogP contribution < -0.4 is 15.5 Å². The number of nitrogens with one attached hydrogen (secondary N) is 2. The van der Waals surface area contributed by atoms with E-state index >= 15 is 0 Å². The fourth-order valence-electron chi connectivity index (χ4n) is 2.07. The monoisotopic (exact) mass is 356 g/mol. The Balaban J connectivity index is 1.60. The number of rotatable bonds is 3. The van der Waals surface area contributed by atoms with Gasteiger partial charge in [-0.05, 0) is 42.0 Å². The maximum Gasteiger partial charge on any atom is 0.199 e. The van der Waals surface area contributed by atoms with Gasteiger partial charge in [-0.2, -0.15) is 10.1 Å². The van der Waals surface area contributed by atoms with Crippen molar-refractivity contribution in [1.82, 2.24) is 5.43 Å². The zero-order valence-electron chi connectivity index (χ0n) is 13.0. The summed E-state index contributed by atoms with van der Waals surface area (Å²) >= 11 is 6.84. The van der Waals surface area contributed by atoms with Crippen LogP contribution in [-0.2, 0) is 0 Å². The van der Waals surface area contributed by atoms with Crippen LogP contribution in [0.5, 0.6) is 5.75 Å². The molecule has 2 N–H and O–H groups in total. The Morgan fingerprint density at radius 2 is 1.96 bits per heavy atom. The van der Waals surface area contributed by atoms with Crippen molar-refractivity contribution in [3.05, 3.63) is 60.2 Å². The molecule has 0 fully saturated rings. The normalized spacial score (nSPS) is 15.4. The summed E-state index contributed by atoms with van der Waals surface area (Å²) in [6, 6.07) is 17.6. The summed E-state index contributed by atoms with van der Waals surface area (Å²) in [5, 5.41) is 8.51. The second-order valence-corrected chi connectivity index (χ2v) is 6.25. The molecule has 1 aliphatic rings. The average molecular weight is 356 g/mol. The summed E-state index contributed by atoms with van der Waals surface area (Å²) < 4.78 is 5.13. The van der Waals surface area contributed by atoms with Crippen LogP contribution in [0.15, 0.2) is 64.7 Å². The van der Waals surface area contributed by atoms with Crippen molar-refractivity contribution >= 4 is 45.7 Å². The second kappa shape index (κ2) is 7.94. The Labute approximate surface area is 150 Å². The average Bonchev–Trinajstić information content (AvgIpc) is 2.64. The maximum atomic E-state index is 5.27. The van der Waals surface area contributed by atoms with Crippen LogP contribution in [0, 0.1) is 0 Å². The van der Waals surface area contributed by atoms with E-state index in [1.165, 1.54) is 0 Å². The molecule has 2 aromatic carbocycles. The second-order valence-electron chi connectivity index (χ2n) is 4.90. The van der Waals surface area contributed by atoms with Gasteiger partial charge in [0.2, 0.25) is 0 Å². The number of methoxy groups -OCH3 is 1. The molecular weight excluding hydrogens is 340 g/mol. The molecule has 0 aliphatic carbocycles. The quantitative estimate of drug-likeness (QED) is 0.825. The van der Waals surface area contributed by atoms with E-state index in [2.05, 4.69) is 20.8 Å². The van der Waals surface area contributed by atoms with Gasteiger partial charge in [-0.3, -0.25) is 5.43 Å². The number of hydrazone groups is 1. The standard InChI is InChI=1S/C17H16N4OS2/c1-22-14-9-7-13(8-10-14)18-16(23)19-17-21-20-15(11-24-17)12-5-3-2-4-6-12/h2-10H,11H2,1H3,(H2,18,19,21,23). The number of thiocarbonyl (C=S) groups is 1. The zero-order valence-corrected chi connectivity index (χ0v) is 14.7. The molecule has 0 aromatic heterocycles. The highest BCUT2D eigenvalue weighted by Crippen LogP contribution is 2.16. The van der Waals surface area contributed by atoms with E-state index in [-0.39, 0.29) is 0 Å². The van der Waals surface area contributed by atoms with Crippen molar-refractivity contribution < 1.29 is 4.74 Å². The van der Waals surface area contributed by atoms with E-state index in [9.17, 15) is 0 Å². The van der Waals surface area contributed by atoms with Crippen LogP contribution in [0.25, 0.3) is 0 Å². The topological polar surface area (TPSA) is 58.0 Å². The molecule has 122 valence electrons. The third-order valence-electron chi connectivity index (χ3n) is 3.28. The number of hydrogen-bond donors (Lipinski definition) is 2. The first-order chi connectivity index (χ1) is 11.7. The first kappa shape index (κ1) is 16.5. The lowest BCUT2D eigenvalue weighted by atomic mass is 10.1. The zero-order chi connectivity index (χ0) is 16.8. The Morgan fingerprint density at radius 3 is 2.58 bits per heavy atom. The van der Waals surface area contributed by atoms with E-state index < -0.39 is 0 Å². The number of anilines is 1. The van der Waals surface area contributed by atoms with Crippen LogP contribution in [0.2, 0.25) is 0 Å². The van der Waals surface area contributed by atoms with E-state index in [4.69, 9.17) is 17.0 Å². The molecule has 0 unspecified atom stereocenters. The lowest BCUT2D eigenvalue weighted by Gasteiger charge is -2.15. The molecule has 0 bridgehead atoms. The number of aliphatic imine (C=N–C) groups is 1. The summed E-state index contributed by atoms with van der Waals surface area (Å²) in [5.74, 6) is 1.55. The smallest absolute Gasteiger partial charge is 0.199 e. The number of amidine groups is 1. The van der Waals surface area contributed by atoms with Crippen molar-refractivity contribution in [1.29, 1.82) is 0 Å². The number of hydrogen-bond acceptors (Lipinski definition) is 4. The molecule has 0 radical (unpaired) electrons. The lowest BCUT2D eigenvalue weighted by Crippen LogP contribution is -2.26. The van der Waals surface area contributed by atoms with Crippen molar-refractivity contribution in [3.63, 3.8) is 0 Å². The molecule has 24 heavy (non-hydrogen) atoms. The molecule has 2 aromatic rings. The third-order valence-corrected chi connectivity index (χ3v) is 4.35. The summed E-state index contributed by atoms with van der Waals surface area (Å²) in [6.07, 6.45) is 0. The highest BCUT2D eigenvalue weighted by molar-refractivity contribution is 8.14. The molecule has 5 nitrogen and oxygen atoms in total. The van der Waals surface area contributed by atoms with E-state index in [0.717, 1.165) is 28.5 Å². The highest BCUT2D eigenvalue weighted by atomic mass is 32.2. The van der Waals surface area contributed by atoms with Crippen LogP contribution >= 0.6 is 24.0 Å². The summed E-state index contributed by atoms with van der Waals surface area (Å²) in [6.45, 7) is 0. The molecule has 0 saturated heterocycles. The van der Waals surface area contributed by atoms with Gasteiger partial charge in [-0.15, -0.1) is 0 Å². The van der Waals surface area contributed by atoms with Gasteiger partial charge in [-0.25, -0.2) is 0 Å². The molecule has 3 rings (SSSR count). The molecular formula is C17H16N4OS2. The summed E-state index contributed by atoms with van der Waals surface area (Å²) in [5.41, 5.74) is 5.92. The Kier molecular flexibility index (Phi) is 5.45. The Bertz CT molecular complexity index is 773. The maximum absolute atomic E-state index is 5.27. The largest absolute Gasteiger partial charge is 0.497 e. The molecule has 0 amide bonds. The van der Waals surface area contributed by atoms with Gasteiger partial charge < -0.3 is 10.1 Å². The van der Waals surface area contributed by atoms with E-state index in [0.29, 0.717) is 10.3 Å². The summed E-state index contributed by atoms with van der Waals surface area (Å²) in [4.78, 5) is 4.35. The van der Waals surface area contributed by atoms with Crippen LogP contribution in [0.3, 0.4) is 0 Å². The molecule has 0 saturated carbocycles. The van der Waals surface area contributed by atoms with Gasteiger partial charge >= 0.3 is 0 Å². The molecule has 0 atom stereocenters. The van der Waals surface area contributed by atoms with Crippen LogP contribution in [0.1, 0.15) is 5.56 Å². The minimum Gasteiger partial charge on any atom is -0.497 e. The molecule has 1 aliphatic heterocycles. The minimum absolute atomic E-state index is 0.383. The number of nitrogens with zero attached hydrogens (tertiary/aromatic N) is 2. The van der Waals surface area contributed by atoms with E-state index in [1.807, 2.05) is 54.6 Å². The highest BCUT2D eigenvalue weighted by Gasteiger charge is 2.13. The minimum atomic E-state index is 0.383. The van der Waals surface area contributed by atoms with Gasteiger partial charge in [-0.1, -0.05) is 42.1 Å². The summed E-state index contributed by atoms with van der Waals surface area (Å²) in [7, 11) is 1.63. The van der Waals surface area contributed by atoms with Crippen molar-refractivity contribution in [2.45, 2.75) is 0 Å². The van der Waals surface area contributed by atoms with Gasteiger partial charge in [0.15, 0.2) is 10.3 Å². The van der Waals surface area contributed by atoms with Gasteiger partial charge in [0.25, 0.3) is 0 Å². The number of benzene rings is 2. The van der Waals surface area contributed by atoms with E-state index in [1.54, 1.807) is 18.9 Å². The lowest BCUT2D eigenvalue weighted by molar-refractivity contribution is 0.415. The SMILES string of the molecule is COc1ccc(NC(=S)/N=C2\NN=C(c3ccccc3)CS2)cc1. The van der Waals surface area contributed by atoms with Gasteiger partial charge in [0, 0.05) is 11.4 Å².